The highest BCUT2D eigenvalue weighted by molar-refractivity contribution is 5.99. The minimum atomic E-state index is -0.903. The smallest absolute Gasteiger partial charge is 0.408 e. The van der Waals surface area contributed by atoms with Crippen LogP contribution in [-0.4, -0.2) is 40.5 Å². The molecule has 2 N–H and O–H groups in total. The molecule has 0 aromatic heterocycles. The Balaban J connectivity index is 2.65. The summed E-state index contributed by atoms with van der Waals surface area (Å²) in [7, 11) is 0. The van der Waals surface area contributed by atoms with Crippen molar-refractivity contribution in [1.29, 1.82) is 0 Å². The van der Waals surface area contributed by atoms with Crippen LogP contribution in [0.1, 0.15) is 89.6 Å². The number of hydrogen-bond acceptors (Lipinski definition) is 4. The van der Waals surface area contributed by atoms with Gasteiger partial charge in [-0.3, -0.25) is 9.59 Å². The third-order valence-corrected chi connectivity index (χ3v) is 7.12. The maximum Gasteiger partial charge on any atom is 0.408 e. The highest BCUT2D eigenvalue weighted by Crippen LogP contribution is 2.31. The van der Waals surface area contributed by atoms with Gasteiger partial charge in [-0.2, -0.15) is 0 Å². The first-order valence-corrected chi connectivity index (χ1v) is 13.9. The van der Waals surface area contributed by atoms with Crippen LogP contribution in [-0.2, 0) is 14.3 Å². The first kappa shape index (κ1) is 31.9. The molecule has 4 atom stereocenters. The van der Waals surface area contributed by atoms with Gasteiger partial charge in [0.1, 0.15) is 17.7 Å². The topological polar surface area (TPSA) is 87.7 Å². The van der Waals surface area contributed by atoms with E-state index in [1.165, 1.54) is 0 Å². The van der Waals surface area contributed by atoms with Gasteiger partial charge >= 0.3 is 6.09 Å². The average Bonchev–Trinajstić information content (AvgIpc) is 2.85. The molecule has 7 heteroatoms. The molecule has 0 bridgehead atoms. The summed E-state index contributed by atoms with van der Waals surface area (Å²) in [5, 5.41) is 5.90. The van der Waals surface area contributed by atoms with Gasteiger partial charge in [0.25, 0.3) is 5.91 Å². The van der Waals surface area contributed by atoms with E-state index < -0.39 is 23.8 Å². The lowest BCUT2D eigenvalue weighted by atomic mass is 9.92. The van der Waals surface area contributed by atoms with Crippen LogP contribution in [0, 0.1) is 26.7 Å². The molecular weight excluding hydrogens is 490 g/mol. The monoisotopic (exact) mass is 537 g/mol. The molecular formula is C32H47N3O4. The van der Waals surface area contributed by atoms with Crippen molar-refractivity contribution in [3.05, 3.63) is 64.7 Å². The fraction of sp³-hybridized carbons (Fsp3) is 0.531. The van der Waals surface area contributed by atoms with Crippen molar-refractivity contribution in [3.63, 3.8) is 0 Å². The van der Waals surface area contributed by atoms with Gasteiger partial charge in [0.15, 0.2) is 0 Å². The van der Waals surface area contributed by atoms with Gasteiger partial charge in [-0.25, -0.2) is 4.79 Å². The van der Waals surface area contributed by atoms with Gasteiger partial charge in [0.2, 0.25) is 5.91 Å². The van der Waals surface area contributed by atoms with Crippen LogP contribution < -0.4 is 10.6 Å². The fourth-order valence-electron chi connectivity index (χ4n) is 4.54. The van der Waals surface area contributed by atoms with Gasteiger partial charge in [-0.05, 0) is 83.6 Å². The van der Waals surface area contributed by atoms with E-state index in [9.17, 15) is 14.4 Å². The Labute approximate surface area is 234 Å². The Hall–Kier alpha value is -3.35. The quantitative estimate of drug-likeness (QED) is 0.347. The lowest BCUT2D eigenvalue weighted by molar-refractivity contribution is -0.144. The molecule has 2 aromatic rings. The van der Waals surface area contributed by atoms with E-state index in [2.05, 4.69) is 10.6 Å². The molecule has 0 aliphatic rings. The molecule has 2 aromatic carbocycles. The molecule has 0 aliphatic carbocycles. The zero-order valence-corrected chi connectivity index (χ0v) is 25.3. The molecule has 0 aliphatic heterocycles. The number of nitrogens with zero attached hydrogens (tertiary/aromatic N) is 1. The van der Waals surface area contributed by atoms with Crippen molar-refractivity contribution in [3.8, 4) is 0 Å². The fourth-order valence-corrected chi connectivity index (χ4v) is 4.54. The predicted octanol–water partition coefficient (Wildman–Crippen LogP) is 6.86. The first-order chi connectivity index (χ1) is 18.2. The van der Waals surface area contributed by atoms with Crippen LogP contribution in [0.3, 0.4) is 0 Å². The Bertz CT molecular complexity index is 1150. The number of aryl methyl sites for hydroxylation is 3. The Morgan fingerprint density at radius 1 is 0.923 bits per heavy atom. The second kappa shape index (κ2) is 13.6. The summed E-state index contributed by atoms with van der Waals surface area (Å²) >= 11 is 0. The second-order valence-corrected chi connectivity index (χ2v) is 11.6. The van der Waals surface area contributed by atoms with Crippen molar-refractivity contribution >= 4 is 23.6 Å². The summed E-state index contributed by atoms with van der Waals surface area (Å²) in [5.41, 5.74) is 3.65. The van der Waals surface area contributed by atoms with E-state index in [1.807, 2.05) is 90.9 Å². The van der Waals surface area contributed by atoms with Crippen LogP contribution in [0.25, 0.3) is 0 Å². The minimum absolute atomic E-state index is 0.184. The van der Waals surface area contributed by atoms with E-state index >= 15 is 0 Å². The van der Waals surface area contributed by atoms with Crippen LogP contribution in [0.4, 0.5) is 10.5 Å². The number of amides is 3. The third-order valence-electron chi connectivity index (χ3n) is 7.12. The number of anilines is 1. The number of benzene rings is 2. The number of rotatable bonds is 10. The van der Waals surface area contributed by atoms with E-state index in [1.54, 1.807) is 25.7 Å². The molecule has 39 heavy (non-hydrogen) atoms. The largest absolute Gasteiger partial charge is 0.444 e. The van der Waals surface area contributed by atoms with E-state index in [4.69, 9.17) is 4.74 Å². The van der Waals surface area contributed by atoms with Gasteiger partial charge in [-0.15, -0.1) is 0 Å². The summed E-state index contributed by atoms with van der Waals surface area (Å²) in [6.07, 6.45) is 0.631. The minimum Gasteiger partial charge on any atom is -0.444 e. The summed E-state index contributed by atoms with van der Waals surface area (Å²) in [5.74, 6) is -0.796. The number of hydrogen-bond donors (Lipinski definition) is 2. The maximum absolute atomic E-state index is 14.4. The highest BCUT2D eigenvalue weighted by atomic mass is 16.6. The van der Waals surface area contributed by atoms with E-state index in [0.717, 1.165) is 22.3 Å². The zero-order valence-electron chi connectivity index (χ0n) is 25.3. The summed E-state index contributed by atoms with van der Waals surface area (Å²) in [6.45, 7) is 19.1. The normalized spacial score (nSPS) is 14.5. The van der Waals surface area contributed by atoms with Gasteiger partial charge in [-0.1, -0.05) is 69.2 Å². The van der Waals surface area contributed by atoms with E-state index in [-0.39, 0.29) is 23.8 Å². The molecule has 7 nitrogen and oxygen atoms in total. The van der Waals surface area contributed by atoms with Crippen LogP contribution >= 0.6 is 0 Å². The number of ether oxygens (including phenoxy) is 1. The van der Waals surface area contributed by atoms with Crippen molar-refractivity contribution in [1.82, 2.24) is 10.2 Å². The number of carbonyl (C=O) groups is 3. The first-order valence-electron chi connectivity index (χ1n) is 13.9. The molecule has 2 rings (SSSR count). The van der Waals surface area contributed by atoms with Crippen molar-refractivity contribution in [2.24, 2.45) is 5.92 Å². The number of para-hydroxylation sites is 1. The van der Waals surface area contributed by atoms with Crippen LogP contribution in [0.5, 0.6) is 0 Å². The molecule has 0 heterocycles. The summed E-state index contributed by atoms with van der Waals surface area (Å²) < 4.78 is 5.50. The Kier molecular flexibility index (Phi) is 11.1. The number of alkyl carbamates (subject to hydrolysis) is 1. The maximum atomic E-state index is 14.4. The zero-order chi connectivity index (χ0) is 29.5. The lowest BCUT2D eigenvalue weighted by Gasteiger charge is -2.40. The lowest BCUT2D eigenvalue weighted by Crippen LogP contribution is -2.57. The molecule has 214 valence electrons. The molecule has 0 saturated heterocycles. The standard InChI is InChI=1S/C32H47N3O4/c1-11-21(4)27(34-31(38)39-32(8,9)10)30(37)35(24(7)12-2)28(25-18-17-20(3)19-23(25)6)29(36)33-26-16-14-13-15-22(26)5/h13-19,21,24,27-28H,11-12H2,1-10H3,(H,33,36)(H,34,38). The van der Waals surface area contributed by atoms with Crippen molar-refractivity contribution in [2.45, 2.75) is 106 Å². The number of nitrogens with one attached hydrogen (secondary N) is 2. The molecule has 0 spiro atoms. The molecule has 0 fully saturated rings. The van der Waals surface area contributed by atoms with Gasteiger partial charge in [0, 0.05) is 11.7 Å². The van der Waals surface area contributed by atoms with Gasteiger partial charge < -0.3 is 20.3 Å². The predicted molar refractivity (Wildman–Crippen MR) is 158 cm³/mol. The Morgan fingerprint density at radius 3 is 2.10 bits per heavy atom. The summed E-state index contributed by atoms with van der Waals surface area (Å²) in [4.78, 5) is 43.0. The van der Waals surface area contributed by atoms with Crippen molar-refractivity contribution < 1.29 is 19.1 Å². The third kappa shape index (κ3) is 8.57. The molecule has 3 amide bonds. The van der Waals surface area contributed by atoms with Gasteiger partial charge in [0.05, 0.1) is 0 Å². The molecule has 0 radical (unpaired) electrons. The van der Waals surface area contributed by atoms with E-state index in [0.29, 0.717) is 18.5 Å². The molecule has 0 saturated carbocycles. The SMILES string of the molecule is CCC(C)C(NC(=O)OC(C)(C)C)C(=O)N(C(C)CC)C(C(=O)Nc1ccccc1C)c1ccc(C)cc1C. The number of carbonyl (C=O) groups excluding carboxylic acids is 3. The molecule has 4 unspecified atom stereocenters. The second-order valence-electron chi connectivity index (χ2n) is 11.6. The highest BCUT2D eigenvalue weighted by Gasteiger charge is 2.40. The average molecular weight is 538 g/mol. The van der Waals surface area contributed by atoms with Crippen molar-refractivity contribution in [2.75, 3.05) is 5.32 Å². The Morgan fingerprint density at radius 2 is 1.56 bits per heavy atom. The summed E-state index contributed by atoms with van der Waals surface area (Å²) in [6, 6.07) is 11.4. The van der Waals surface area contributed by atoms with Crippen LogP contribution in [0.2, 0.25) is 0 Å². The van der Waals surface area contributed by atoms with Crippen LogP contribution in [0.15, 0.2) is 42.5 Å².